The van der Waals surface area contributed by atoms with Crippen LogP contribution < -0.4 is 5.32 Å². The molecule has 2 aliphatic rings. The molecule has 0 bridgehead atoms. The van der Waals surface area contributed by atoms with E-state index in [1.165, 1.54) is 6.42 Å². The number of hydrogen-bond donors (Lipinski definition) is 1. The summed E-state index contributed by atoms with van der Waals surface area (Å²) in [7, 11) is 0. The molecule has 0 aromatic carbocycles. The lowest BCUT2D eigenvalue weighted by atomic mass is 9.77. The smallest absolute Gasteiger partial charge is 0.410 e. The molecule has 1 atom stereocenters. The molecule has 104 valence electrons. The van der Waals surface area contributed by atoms with E-state index in [-0.39, 0.29) is 6.09 Å². The Morgan fingerprint density at radius 1 is 1.33 bits per heavy atom. The third-order valence-electron chi connectivity index (χ3n) is 4.04. The number of hydrogen-bond acceptors (Lipinski definition) is 3. The number of carbonyl (C=O) groups is 1. The van der Waals surface area contributed by atoms with Crippen LogP contribution in [0.3, 0.4) is 0 Å². The predicted octanol–water partition coefficient (Wildman–Crippen LogP) is 2.39. The van der Waals surface area contributed by atoms with Crippen LogP contribution in [0.1, 0.15) is 47.0 Å². The molecule has 4 heteroatoms. The summed E-state index contributed by atoms with van der Waals surface area (Å²) < 4.78 is 5.42. The summed E-state index contributed by atoms with van der Waals surface area (Å²) in [6.07, 6.45) is 3.29. The highest BCUT2D eigenvalue weighted by Gasteiger charge is 2.41. The number of carbonyl (C=O) groups excluding carboxylic acids is 1. The maximum atomic E-state index is 12.0. The van der Waals surface area contributed by atoms with Crippen molar-refractivity contribution in [3.63, 3.8) is 0 Å². The van der Waals surface area contributed by atoms with Gasteiger partial charge in [0.2, 0.25) is 0 Å². The van der Waals surface area contributed by atoms with Crippen LogP contribution in [-0.4, -0.2) is 42.3 Å². The van der Waals surface area contributed by atoms with Crippen LogP contribution >= 0.6 is 0 Å². The van der Waals surface area contributed by atoms with Gasteiger partial charge in [-0.2, -0.15) is 0 Å². The van der Waals surface area contributed by atoms with E-state index in [4.69, 9.17) is 4.74 Å². The first kappa shape index (κ1) is 13.7. The molecule has 2 heterocycles. The zero-order chi connectivity index (χ0) is 13.4. The second kappa shape index (κ2) is 4.72. The van der Waals surface area contributed by atoms with Gasteiger partial charge in [-0.25, -0.2) is 4.79 Å². The van der Waals surface area contributed by atoms with E-state index in [1.54, 1.807) is 0 Å². The van der Waals surface area contributed by atoms with Crippen molar-refractivity contribution >= 4 is 6.09 Å². The fourth-order valence-corrected chi connectivity index (χ4v) is 3.06. The maximum Gasteiger partial charge on any atom is 0.410 e. The van der Waals surface area contributed by atoms with Crippen LogP contribution in [0.5, 0.6) is 0 Å². The van der Waals surface area contributed by atoms with Gasteiger partial charge in [0.15, 0.2) is 0 Å². The summed E-state index contributed by atoms with van der Waals surface area (Å²) in [6.45, 7) is 10.8. The van der Waals surface area contributed by atoms with Gasteiger partial charge in [-0.15, -0.1) is 0 Å². The van der Waals surface area contributed by atoms with Crippen LogP contribution in [0.25, 0.3) is 0 Å². The van der Waals surface area contributed by atoms with Crippen molar-refractivity contribution in [2.75, 3.05) is 19.6 Å². The van der Waals surface area contributed by atoms with E-state index in [0.717, 1.165) is 32.5 Å². The number of nitrogens with zero attached hydrogens (tertiary/aromatic N) is 1. The highest BCUT2D eigenvalue weighted by Crippen LogP contribution is 2.39. The van der Waals surface area contributed by atoms with Gasteiger partial charge in [0.05, 0.1) is 0 Å². The van der Waals surface area contributed by atoms with Crippen LogP contribution in [-0.2, 0) is 4.74 Å². The number of rotatable bonds is 0. The molecule has 0 aromatic rings. The molecule has 0 aliphatic carbocycles. The highest BCUT2D eigenvalue weighted by molar-refractivity contribution is 5.68. The van der Waals surface area contributed by atoms with Gasteiger partial charge in [0.1, 0.15) is 5.60 Å². The van der Waals surface area contributed by atoms with Crippen molar-refractivity contribution in [3.8, 4) is 0 Å². The molecule has 2 fully saturated rings. The topological polar surface area (TPSA) is 41.6 Å². The molecule has 2 rings (SSSR count). The average Bonchev–Trinajstić information content (AvgIpc) is 2.58. The van der Waals surface area contributed by atoms with Crippen LogP contribution in [0.2, 0.25) is 0 Å². The van der Waals surface area contributed by atoms with Gasteiger partial charge in [0, 0.05) is 25.7 Å². The summed E-state index contributed by atoms with van der Waals surface area (Å²) in [6, 6.07) is 0.623. The van der Waals surface area contributed by atoms with E-state index in [9.17, 15) is 4.79 Å². The van der Waals surface area contributed by atoms with Crippen molar-refractivity contribution in [2.24, 2.45) is 5.41 Å². The summed E-state index contributed by atoms with van der Waals surface area (Å²) >= 11 is 0. The normalized spacial score (nSPS) is 27.6. The van der Waals surface area contributed by atoms with E-state index in [0.29, 0.717) is 11.5 Å². The Morgan fingerprint density at radius 2 is 1.94 bits per heavy atom. The second-order valence-electron chi connectivity index (χ2n) is 6.95. The van der Waals surface area contributed by atoms with Crippen molar-refractivity contribution in [1.29, 1.82) is 0 Å². The Kier molecular flexibility index (Phi) is 3.58. The Hall–Kier alpha value is -0.770. The van der Waals surface area contributed by atoms with Gasteiger partial charge in [0.25, 0.3) is 0 Å². The zero-order valence-electron chi connectivity index (χ0n) is 12.1. The molecule has 2 aliphatic heterocycles. The quantitative estimate of drug-likeness (QED) is 0.721. The predicted molar refractivity (Wildman–Crippen MR) is 71.6 cm³/mol. The average molecular weight is 254 g/mol. The fourth-order valence-electron chi connectivity index (χ4n) is 3.06. The minimum absolute atomic E-state index is 0.156. The number of nitrogens with one attached hydrogen (secondary N) is 1. The molecule has 1 unspecified atom stereocenters. The Balaban J connectivity index is 1.85. The first-order valence-corrected chi connectivity index (χ1v) is 7.01. The van der Waals surface area contributed by atoms with Crippen molar-refractivity contribution < 1.29 is 9.53 Å². The molecule has 0 saturated carbocycles. The zero-order valence-corrected chi connectivity index (χ0v) is 12.1. The SMILES string of the molecule is CC1CC2(CCN(C(=O)OC(C)(C)C)CC2)CN1. The van der Waals surface area contributed by atoms with Crippen molar-refractivity contribution in [3.05, 3.63) is 0 Å². The molecule has 18 heavy (non-hydrogen) atoms. The summed E-state index contributed by atoms with van der Waals surface area (Å²) in [5, 5.41) is 3.53. The number of amides is 1. The third-order valence-corrected chi connectivity index (χ3v) is 4.04. The molecule has 0 radical (unpaired) electrons. The Labute approximate surface area is 110 Å². The van der Waals surface area contributed by atoms with Crippen LogP contribution in [0.15, 0.2) is 0 Å². The third kappa shape index (κ3) is 3.16. The van der Waals surface area contributed by atoms with E-state index in [2.05, 4.69) is 12.2 Å². The molecule has 0 aromatic heterocycles. The number of likely N-dealkylation sites (tertiary alicyclic amines) is 1. The van der Waals surface area contributed by atoms with Crippen molar-refractivity contribution in [1.82, 2.24) is 10.2 Å². The molecular formula is C14H26N2O2. The van der Waals surface area contributed by atoms with Gasteiger partial charge in [-0.3, -0.25) is 0 Å². The Morgan fingerprint density at radius 3 is 2.39 bits per heavy atom. The van der Waals surface area contributed by atoms with Gasteiger partial charge in [-0.1, -0.05) is 0 Å². The second-order valence-corrected chi connectivity index (χ2v) is 6.95. The van der Waals surface area contributed by atoms with Crippen molar-refractivity contribution in [2.45, 2.75) is 58.6 Å². The molecule has 2 saturated heterocycles. The minimum Gasteiger partial charge on any atom is -0.444 e. The fraction of sp³-hybridized carbons (Fsp3) is 0.929. The largest absolute Gasteiger partial charge is 0.444 e. The first-order valence-electron chi connectivity index (χ1n) is 7.01. The highest BCUT2D eigenvalue weighted by atomic mass is 16.6. The van der Waals surface area contributed by atoms with Crippen LogP contribution in [0, 0.1) is 5.41 Å². The lowest BCUT2D eigenvalue weighted by Crippen LogP contribution is -2.45. The van der Waals surface area contributed by atoms with Gasteiger partial charge < -0.3 is 15.0 Å². The standard InChI is InChI=1S/C14H26N2O2/c1-11-9-14(10-15-11)5-7-16(8-6-14)12(17)18-13(2,3)4/h11,15H,5-10H2,1-4H3. The summed E-state index contributed by atoms with van der Waals surface area (Å²) in [5.41, 5.74) is 0.0353. The lowest BCUT2D eigenvalue weighted by Gasteiger charge is -2.39. The first-order chi connectivity index (χ1) is 8.30. The number of ether oxygens (including phenoxy) is 1. The van der Waals surface area contributed by atoms with E-state index in [1.807, 2.05) is 25.7 Å². The minimum atomic E-state index is -0.393. The Bertz CT molecular complexity index is 314. The summed E-state index contributed by atoms with van der Waals surface area (Å²) in [5.74, 6) is 0. The maximum absolute atomic E-state index is 12.0. The van der Waals surface area contributed by atoms with E-state index >= 15 is 0 Å². The monoisotopic (exact) mass is 254 g/mol. The van der Waals surface area contributed by atoms with E-state index < -0.39 is 5.60 Å². The van der Waals surface area contributed by atoms with Gasteiger partial charge >= 0.3 is 6.09 Å². The van der Waals surface area contributed by atoms with Gasteiger partial charge in [-0.05, 0) is 52.4 Å². The molecule has 4 nitrogen and oxygen atoms in total. The molecule has 1 N–H and O–H groups in total. The molecule has 1 spiro atoms. The lowest BCUT2D eigenvalue weighted by molar-refractivity contribution is 0.0118. The molecular weight excluding hydrogens is 228 g/mol. The number of piperidine rings is 1. The van der Waals surface area contributed by atoms with Crippen LogP contribution in [0.4, 0.5) is 4.79 Å². The summed E-state index contributed by atoms with van der Waals surface area (Å²) in [4.78, 5) is 13.8. The molecule has 1 amide bonds.